The molecule has 2 aliphatic carbocycles. The summed E-state index contributed by atoms with van der Waals surface area (Å²) in [5.41, 5.74) is 0. The normalized spacial score (nSPS) is 52.2. The molecule has 2 rings (SSSR count). The Bertz CT molecular complexity index is 277. The Morgan fingerprint density at radius 1 is 1.25 bits per heavy atom. The van der Waals surface area contributed by atoms with Gasteiger partial charge < -0.3 is 5.11 Å². The van der Waals surface area contributed by atoms with Crippen LogP contribution < -0.4 is 0 Å². The smallest absolute Gasteiger partial charge is 0.109 e. The van der Waals surface area contributed by atoms with Gasteiger partial charge in [-0.3, -0.25) is 0 Å². The highest BCUT2D eigenvalue weighted by Crippen LogP contribution is 2.62. The highest BCUT2D eigenvalue weighted by atomic mass is 35.5. The lowest BCUT2D eigenvalue weighted by molar-refractivity contribution is 0.158. The van der Waals surface area contributed by atoms with Crippen LogP contribution in [0.3, 0.4) is 0 Å². The number of rotatable bonds is 0. The van der Waals surface area contributed by atoms with E-state index in [0.717, 1.165) is 0 Å². The predicted octanol–water partition coefficient (Wildman–Crippen LogP) is 2.80. The average molecular weight is 248 g/mol. The highest BCUT2D eigenvalue weighted by Gasteiger charge is 2.62. The van der Waals surface area contributed by atoms with Gasteiger partial charge in [0.1, 0.15) is 4.87 Å². The average Bonchev–Trinajstić information content (AvgIpc) is 2.29. The summed E-state index contributed by atoms with van der Waals surface area (Å²) in [6.07, 6.45) is 0.112. The van der Waals surface area contributed by atoms with Gasteiger partial charge in [0.25, 0.3) is 0 Å². The molecular formula is C7H6Cl4O. The van der Waals surface area contributed by atoms with E-state index in [1.165, 1.54) is 0 Å². The first-order valence-electron chi connectivity index (χ1n) is 3.52. The minimum atomic E-state index is -0.930. The van der Waals surface area contributed by atoms with Crippen molar-refractivity contribution in [3.63, 3.8) is 0 Å². The zero-order valence-corrected chi connectivity index (χ0v) is 8.97. The molecule has 3 atom stereocenters. The summed E-state index contributed by atoms with van der Waals surface area (Å²) in [7, 11) is 0. The summed E-state index contributed by atoms with van der Waals surface area (Å²) < 4.78 is 0. The second-order valence-electron chi connectivity index (χ2n) is 3.35. The molecule has 0 amide bonds. The van der Waals surface area contributed by atoms with E-state index in [1.807, 2.05) is 0 Å². The molecule has 0 aromatic carbocycles. The first kappa shape index (κ1) is 9.42. The van der Waals surface area contributed by atoms with Crippen molar-refractivity contribution in [1.82, 2.24) is 0 Å². The van der Waals surface area contributed by atoms with Crippen LogP contribution in [-0.4, -0.2) is 21.0 Å². The van der Waals surface area contributed by atoms with Crippen LogP contribution in [-0.2, 0) is 0 Å². The van der Waals surface area contributed by atoms with Gasteiger partial charge in [0, 0.05) is 0 Å². The van der Waals surface area contributed by atoms with Crippen molar-refractivity contribution >= 4 is 46.4 Å². The molecule has 0 aromatic rings. The van der Waals surface area contributed by atoms with Crippen molar-refractivity contribution in [2.75, 3.05) is 0 Å². The Morgan fingerprint density at radius 2 is 1.83 bits per heavy atom. The Kier molecular flexibility index (Phi) is 1.93. The molecule has 0 radical (unpaired) electrons. The second-order valence-corrected chi connectivity index (χ2v) is 5.51. The fourth-order valence-corrected chi connectivity index (χ4v) is 3.54. The standard InChI is InChI=1S/C7H6Cl4O/c8-4-5(9)7(11)2-6(4,10)1-3(7)12/h3,12H,1-2H2/t3-,6-,7-/m1/s1. The van der Waals surface area contributed by atoms with E-state index < -0.39 is 15.9 Å². The number of aliphatic hydroxyl groups is 1. The molecule has 2 bridgehead atoms. The lowest BCUT2D eigenvalue weighted by Crippen LogP contribution is -2.32. The SMILES string of the molecule is O[C@@H]1C[C@@]2(Cl)C[C@]1(Cl)C(Cl)=C2Cl. The molecule has 0 heterocycles. The third kappa shape index (κ3) is 0.921. The number of aliphatic hydroxyl groups excluding tert-OH is 1. The van der Waals surface area contributed by atoms with Gasteiger partial charge in [0.2, 0.25) is 0 Å². The number of hydrogen-bond acceptors (Lipinski definition) is 1. The van der Waals surface area contributed by atoms with Crippen molar-refractivity contribution in [2.24, 2.45) is 0 Å². The second kappa shape index (κ2) is 2.46. The zero-order valence-electron chi connectivity index (χ0n) is 5.95. The van der Waals surface area contributed by atoms with Crippen molar-refractivity contribution in [1.29, 1.82) is 0 Å². The van der Waals surface area contributed by atoms with Gasteiger partial charge >= 0.3 is 0 Å². The molecule has 5 heteroatoms. The molecule has 0 spiro atoms. The fourth-order valence-electron chi connectivity index (χ4n) is 1.84. The molecule has 1 nitrogen and oxygen atoms in total. The van der Waals surface area contributed by atoms with Gasteiger partial charge in [-0.15, -0.1) is 23.2 Å². The van der Waals surface area contributed by atoms with Crippen LogP contribution >= 0.6 is 46.4 Å². The summed E-state index contributed by atoms with van der Waals surface area (Å²) in [6, 6.07) is 0. The summed E-state index contributed by atoms with van der Waals surface area (Å²) in [6.45, 7) is 0. The quantitative estimate of drug-likeness (QED) is 0.653. The lowest BCUT2D eigenvalue weighted by atomic mass is 10.0. The molecule has 0 aliphatic heterocycles. The summed E-state index contributed by atoms with van der Waals surface area (Å²) in [5, 5.41) is 10.2. The van der Waals surface area contributed by atoms with Gasteiger partial charge in [-0.1, -0.05) is 23.2 Å². The Balaban J connectivity index is 2.54. The Labute approximate surface area is 90.2 Å². The molecule has 68 valence electrons. The molecule has 0 unspecified atom stereocenters. The van der Waals surface area contributed by atoms with Crippen LogP contribution in [0.25, 0.3) is 0 Å². The summed E-state index contributed by atoms with van der Waals surface area (Å²) >= 11 is 23.9. The van der Waals surface area contributed by atoms with Gasteiger partial charge in [0.05, 0.1) is 21.0 Å². The van der Waals surface area contributed by atoms with E-state index in [4.69, 9.17) is 46.4 Å². The van der Waals surface area contributed by atoms with Crippen molar-refractivity contribution in [3.8, 4) is 0 Å². The molecule has 1 N–H and O–H groups in total. The van der Waals surface area contributed by atoms with Crippen molar-refractivity contribution in [2.45, 2.75) is 28.7 Å². The first-order chi connectivity index (χ1) is 5.40. The van der Waals surface area contributed by atoms with Gasteiger partial charge in [0.15, 0.2) is 0 Å². The van der Waals surface area contributed by atoms with Gasteiger partial charge in [-0.05, 0) is 12.8 Å². The maximum Gasteiger partial charge on any atom is 0.109 e. The van der Waals surface area contributed by atoms with E-state index >= 15 is 0 Å². The van der Waals surface area contributed by atoms with Crippen LogP contribution in [0, 0.1) is 0 Å². The van der Waals surface area contributed by atoms with Crippen LogP contribution in [0.1, 0.15) is 12.8 Å². The summed E-state index contributed by atoms with van der Waals surface area (Å²) in [5.74, 6) is 0. The highest BCUT2D eigenvalue weighted by molar-refractivity contribution is 6.51. The minimum absolute atomic E-state index is 0.305. The van der Waals surface area contributed by atoms with E-state index in [1.54, 1.807) is 0 Å². The lowest BCUT2D eigenvalue weighted by Gasteiger charge is -2.25. The largest absolute Gasteiger partial charge is 0.391 e. The van der Waals surface area contributed by atoms with Crippen LogP contribution in [0.5, 0.6) is 0 Å². The number of hydrogen-bond donors (Lipinski definition) is 1. The zero-order chi connectivity index (χ0) is 9.15. The molecule has 1 fully saturated rings. The predicted molar refractivity (Wildman–Crippen MR) is 51.1 cm³/mol. The molecule has 1 saturated carbocycles. The molecular weight excluding hydrogens is 242 g/mol. The third-order valence-corrected chi connectivity index (χ3v) is 4.95. The maximum absolute atomic E-state index is 9.54. The van der Waals surface area contributed by atoms with E-state index in [-0.39, 0.29) is 0 Å². The van der Waals surface area contributed by atoms with Gasteiger partial charge in [-0.2, -0.15) is 0 Å². The Hall–Kier alpha value is 0.860. The molecule has 2 aliphatic rings. The third-order valence-electron chi connectivity index (χ3n) is 2.53. The van der Waals surface area contributed by atoms with Crippen molar-refractivity contribution in [3.05, 3.63) is 10.1 Å². The monoisotopic (exact) mass is 246 g/mol. The molecule has 0 aromatic heterocycles. The van der Waals surface area contributed by atoms with E-state index in [2.05, 4.69) is 0 Å². The maximum atomic E-state index is 9.54. The fraction of sp³-hybridized carbons (Fsp3) is 0.714. The van der Waals surface area contributed by atoms with E-state index in [9.17, 15) is 5.11 Å². The Morgan fingerprint density at radius 3 is 2.17 bits per heavy atom. The minimum Gasteiger partial charge on any atom is -0.391 e. The number of allylic oxidation sites excluding steroid dienone is 1. The van der Waals surface area contributed by atoms with Crippen LogP contribution in [0.15, 0.2) is 10.1 Å². The number of alkyl halides is 2. The number of halogens is 4. The molecule has 12 heavy (non-hydrogen) atoms. The molecule has 0 saturated heterocycles. The van der Waals surface area contributed by atoms with Crippen molar-refractivity contribution < 1.29 is 5.11 Å². The summed E-state index contributed by atoms with van der Waals surface area (Å²) in [4.78, 5) is -1.65. The first-order valence-corrected chi connectivity index (χ1v) is 5.03. The van der Waals surface area contributed by atoms with E-state index in [0.29, 0.717) is 22.9 Å². The van der Waals surface area contributed by atoms with Gasteiger partial charge in [-0.25, -0.2) is 0 Å². The number of fused-ring (bicyclic) bond motifs is 2. The van der Waals surface area contributed by atoms with Crippen LogP contribution in [0.4, 0.5) is 0 Å². The topological polar surface area (TPSA) is 20.2 Å². The van der Waals surface area contributed by atoms with Crippen LogP contribution in [0.2, 0.25) is 0 Å².